The Morgan fingerprint density at radius 1 is 0.887 bits per heavy atom. The van der Waals surface area contributed by atoms with Crippen LogP contribution in [0.2, 0.25) is 0 Å². The number of fused-ring (bicyclic) bond motifs is 3. The Morgan fingerprint density at radius 2 is 1.69 bits per heavy atom. The smallest absolute Gasteiger partial charge is 0.251 e. The van der Waals surface area contributed by atoms with Crippen LogP contribution in [0, 0.1) is 41.4 Å². The third-order valence-electron chi connectivity index (χ3n) is 16.7. The first-order chi connectivity index (χ1) is 34.3. The van der Waals surface area contributed by atoms with Gasteiger partial charge < -0.3 is 25.0 Å². The molecule has 2 fully saturated rings. The van der Waals surface area contributed by atoms with Crippen molar-refractivity contribution in [3.63, 3.8) is 0 Å². The third kappa shape index (κ3) is 12.5. The number of aliphatic imine (C=N–C) groups is 3. The molecule has 8 rings (SSSR count). The summed E-state index contributed by atoms with van der Waals surface area (Å²) in [6, 6.07) is 5.93. The number of anilines is 1. The Bertz CT molecular complexity index is 2370. The van der Waals surface area contributed by atoms with E-state index < -0.39 is 6.04 Å². The highest BCUT2D eigenvalue weighted by molar-refractivity contribution is 6.06. The molecule has 4 heterocycles. The molecule has 0 aromatic heterocycles. The van der Waals surface area contributed by atoms with Gasteiger partial charge in [0.05, 0.1) is 25.0 Å². The van der Waals surface area contributed by atoms with Crippen molar-refractivity contribution in [2.24, 2.45) is 56.4 Å². The van der Waals surface area contributed by atoms with Gasteiger partial charge in [-0.05, 0) is 172 Å². The third-order valence-corrected chi connectivity index (χ3v) is 16.7. The van der Waals surface area contributed by atoms with Gasteiger partial charge in [-0.15, -0.1) is 0 Å². The lowest BCUT2D eigenvalue weighted by Crippen LogP contribution is -2.53. The fraction of sp³-hybridized carbons (Fsp3) is 0.627. The van der Waals surface area contributed by atoms with E-state index in [0.29, 0.717) is 55.8 Å². The number of carbonyl (C=O) groups excluding carboxylic acids is 3. The Morgan fingerprint density at radius 3 is 2.48 bits per heavy atom. The Balaban J connectivity index is 0.926. The summed E-state index contributed by atoms with van der Waals surface area (Å²) in [6.07, 6.45) is 24.1. The van der Waals surface area contributed by atoms with Gasteiger partial charge in [-0.3, -0.25) is 34.7 Å². The molecule has 0 radical (unpaired) electrons. The minimum atomic E-state index is -0.529. The number of nitrogens with zero attached hydrogens (tertiary/aromatic N) is 4. The molecule has 8 atom stereocenters. The summed E-state index contributed by atoms with van der Waals surface area (Å²) in [6.45, 7) is 19.5. The minimum absolute atomic E-state index is 0.000386. The zero-order valence-electron chi connectivity index (χ0n) is 44.0. The number of hydrogen-bond donors (Lipinski definition) is 3. The minimum Gasteiger partial charge on any atom is -0.359 e. The van der Waals surface area contributed by atoms with E-state index in [2.05, 4.69) is 73.7 Å². The maximum atomic E-state index is 14.1. The molecule has 384 valence electrons. The zero-order chi connectivity index (χ0) is 50.2. The van der Waals surface area contributed by atoms with E-state index in [-0.39, 0.29) is 48.4 Å². The van der Waals surface area contributed by atoms with Crippen LogP contribution in [0.1, 0.15) is 143 Å². The number of carbonyl (C=O) groups is 3. The molecule has 8 unspecified atom stereocenters. The Kier molecular flexibility index (Phi) is 18.0. The van der Waals surface area contributed by atoms with Crippen molar-refractivity contribution in [2.45, 2.75) is 162 Å². The van der Waals surface area contributed by atoms with Crippen LogP contribution in [0.25, 0.3) is 0 Å². The van der Waals surface area contributed by atoms with Gasteiger partial charge in [0.15, 0.2) is 0 Å². The lowest BCUT2D eigenvalue weighted by molar-refractivity contribution is -0.137. The molecule has 0 bridgehead atoms. The lowest BCUT2D eigenvalue weighted by Gasteiger charge is -2.41. The molecule has 1 aromatic carbocycles. The molecule has 0 spiro atoms. The van der Waals surface area contributed by atoms with Gasteiger partial charge in [0.2, 0.25) is 11.8 Å². The zero-order valence-corrected chi connectivity index (χ0v) is 44.0. The van der Waals surface area contributed by atoms with Crippen molar-refractivity contribution in [2.75, 3.05) is 39.0 Å². The average molecular weight is 970 g/mol. The van der Waals surface area contributed by atoms with Gasteiger partial charge in [-0.2, -0.15) is 0 Å². The van der Waals surface area contributed by atoms with Crippen molar-refractivity contribution in [1.29, 1.82) is 0 Å². The van der Waals surface area contributed by atoms with Gasteiger partial charge in [-0.25, -0.2) is 0 Å². The highest BCUT2D eigenvalue weighted by atomic mass is 16.7. The van der Waals surface area contributed by atoms with Crippen molar-refractivity contribution in [3.8, 4) is 0 Å². The number of likely N-dealkylation sites (tertiary alicyclic amines) is 1. The molecule has 12 heteroatoms. The van der Waals surface area contributed by atoms with E-state index in [1.165, 1.54) is 45.7 Å². The number of methoxy groups -OCH3 is 1. The van der Waals surface area contributed by atoms with E-state index in [1.807, 2.05) is 37.9 Å². The van der Waals surface area contributed by atoms with Crippen LogP contribution in [-0.2, 0) is 30.3 Å². The van der Waals surface area contributed by atoms with Crippen molar-refractivity contribution < 1.29 is 23.9 Å². The van der Waals surface area contributed by atoms with Crippen molar-refractivity contribution in [3.05, 3.63) is 82.6 Å². The molecule has 1 aromatic rings. The molecule has 1 saturated carbocycles. The second-order valence-electron chi connectivity index (χ2n) is 22.2. The average Bonchev–Trinajstić information content (AvgIpc) is 3.47. The summed E-state index contributed by atoms with van der Waals surface area (Å²) in [4.78, 5) is 57.9. The summed E-state index contributed by atoms with van der Waals surface area (Å²) in [5, 5.41) is 9.88. The highest BCUT2D eigenvalue weighted by Gasteiger charge is 2.39. The van der Waals surface area contributed by atoms with Gasteiger partial charge >= 0.3 is 0 Å². The number of benzene rings is 1. The van der Waals surface area contributed by atoms with Crippen LogP contribution in [0.3, 0.4) is 0 Å². The fourth-order valence-corrected chi connectivity index (χ4v) is 12.7. The molecule has 4 aliphatic heterocycles. The molecule has 3 N–H and O–H groups in total. The normalized spacial score (nSPS) is 26.5. The molecular formula is C59H83N7O5. The predicted molar refractivity (Wildman–Crippen MR) is 287 cm³/mol. The maximum Gasteiger partial charge on any atom is 0.251 e. The second-order valence-corrected chi connectivity index (χ2v) is 22.2. The van der Waals surface area contributed by atoms with Crippen molar-refractivity contribution in [1.82, 2.24) is 15.5 Å². The predicted octanol–water partition coefficient (Wildman–Crippen LogP) is 10.9. The summed E-state index contributed by atoms with van der Waals surface area (Å²) in [5.41, 5.74) is 12.4. The first-order valence-electron chi connectivity index (χ1n) is 27.4. The van der Waals surface area contributed by atoms with Crippen LogP contribution in [0.4, 0.5) is 11.4 Å². The van der Waals surface area contributed by atoms with E-state index in [0.717, 1.165) is 113 Å². The van der Waals surface area contributed by atoms with Crippen LogP contribution in [0.15, 0.2) is 92.0 Å². The number of nitrogens with one attached hydrogen (secondary N) is 3. The monoisotopic (exact) mass is 970 g/mol. The number of rotatable bonds is 17. The SMILES string of the molecule is C=C(C1CCCC(C2=Nc3ccc(NC(=O)C4=CC5C=C6C=C(C7=CN=C(C8CCCN8C(=O)C(NC(=O)CC)C(C)C)CCC7)CN=C6CC5CCC4)cc3CCC2)C1C)C(NCOCOC)C(C)C. The fourth-order valence-electron chi connectivity index (χ4n) is 12.7. The quantitative estimate of drug-likeness (QED) is 0.0805. The number of allylic oxidation sites excluding steroid dienone is 4. The molecule has 1 saturated heterocycles. The first kappa shape index (κ1) is 52.5. The largest absolute Gasteiger partial charge is 0.359 e. The summed E-state index contributed by atoms with van der Waals surface area (Å²) >= 11 is 0. The van der Waals surface area contributed by atoms with Crippen molar-refractivity contribution >= 4 is 46.2 Å². The summed E-state index contributed by atoms with van der Waals surface area (Å²) in [7, 11) is 1.64. The summed E-state index contributed by atoms with van der Waals surface area (Å²) < 4.78 is 10.7. The number of aryl methyl sites for hydroxylation is 1. The molecule has 3 amide bonds. The van der Waals surface area contributed by atoms with Crippen LogP contribution in [0.5, 0.6) is 0 Å². The van der Waals surface area contributed by atoms with Gasteiger partial charge in [0.1, 0.15) is 12.8 Å². The standard InChI is InChI=1S/C59H83N7O5/c1-9-55(67)65-57(37(4)5)59(69)66-26-14-23-54(66)52-22-12-18-43(32-60-52)46-29-45-28-44-27-42(17-10-15-40(44)31-53(45)61-33-46)58(68)63-47-24-25-50-41(30-47)16-11-21-51(64-50)49-20-13-19-48(38(49)6)39(7)56(36(2)3)62-34-71-35-70-8/h24-25,27-30,32,36-38,40,44,48-49,54,56-57,62H,7,9-23,26,31,33-35H2,1-6,8H3,(H,63,68)(H,65,67). The molecule has 7 aliphatic rings. The maximum absolute atomic E-state index is 14.1. The van der Waals surface area contributed by atoms with Crippen LogP contribution >= 0.6 is 0 Å². The molecule has 71 heavy (non-hydrogen) atoms. The van der Waals surface area contributed by atoms with Gasteiger partial charge in [-0.1, -0.05) is 72.3 Å². The van der Waals surface area contributed by atoms with E-state index in [4.69, 9.17) is 24.5 Å². The number of ether oxygens (including phenoxy) is 2. The van der Waals surface area contributed by atoms with E-state index >= 15 is 0 Å². The number of amides is 3. The van der Waals surface area contributed by atoms with E-state index in [9.17, 15) is 14.4 Å². The second kappa shape index (κ2) is 24.3. The Hall–Kier alpha value is -4.78. The highest BCUT2D eigenvalue weighted by Crippen LogP contribution is 2.44. The lowest BCUT2D eigenvalue weighted by atomic mass is 9.66. The molecule has 12 nitrogen and oxygen atoms in total. The number of dihydropyridines is 1. The Labute approximate surface area is 424 Å². The van der Waals surface area contributed by atoms with Crippen LogP contribution < -0.4 is 16.0 Å². The molecule has 3 aliphatic carbocycles. The van der Waals surface area contributed by atoms with E-state index in [1.54, 1.807) is 7.11 Å². The summed E-state index contributed by atoms with van der Waals surface area (Å²) in [5.74, 6) is 2.18. The van der Waals surface area contributed by atoms with Gasteiger partial charge in [0.25, 0.3) is 5.91 Å². The molecular weight excluding hydrogens is 887 g/mol. The van der Waals surface area contributed by atoms with Gasteiger partial charge in [0, 0.05) is 66.6 Å². The van der Waals surface area contributed by atoms with Crippen LogP contribution in [-0.4, -0.2) is 91.6 Å². The number of hydrogen-bond acceptors (Lipinski definition) is 9. The topological polar surface area (TPSA) is 146 Å². The first-order valence-corrected chi connectivity index (χ1v) is 27.4.